The van der Waals surface area contributed by atoms with Crippen molar-refractivity contribution in [2.24, 2.45) is 0 Å². The molecule has 3 aromatic rings. The van der Waals surface area contributed by atoms with Crippen molar-refractivity contribution in [3.63, 3.8) is 0 Å². The Hall–Kier alpha value is -3.80. The van der Waals surface area contributed by atoms with Crippen LogP contribution in [0, 0.1) is 11.3 Å². The first kappa shape index (κ1) is 28.2. The van der Waals surface area contributed by atoms with E-state index in [-0.39, 0.29) is 18.8 Å². The number of aryl methyl sites for hydroxylation is 1. The number of amides is 1. The Balaban J connectivity index is 1.56. The number of fused-ring (bicyclic) bond motifs is 1. The summed E-state index contributed by atoms with van der Waals surface area (Å²) < 4.78 is 17.0. The molecule has 1 N–H and O–H groups in total. The van der Waals surface area contributed by atoms with Crippen molar-refractivity contribution in [2.75, 3.05) is 18.5 Å². The highest BCUT2D eigenvalue weighted by atomic mass is 35.5. The number of nitrogens with zero attached hydrogens (tertiary/aromatic N) is 1. The number of thiophene rings is 1. The molecule has 2 aromatic carbocycles. The Morgan fingerprint density at radius 1 is 1.08 bits per heavy atom. The molecule has 1 aliphatic rings. The summed E-state index contributed by atoms with van der Waals surface area (Å²) in [4.78, 5) is 27.0. The molecule has 9 heteroatoms. The van der Waals surface area contributed by atoms with Crippen LogP contribution >= 0.6 is 22.9 Å². The number of carbonyl (C=O) groups is 2. The van der Waals surface area contributed by atoms with E-state index in [2.05, 4.69) is 5.32 Å². The number of carbonyl (C=O) groups excluding carboxylic acids is 2. The molecule has 1 heterocycles. The second kappa shape index (κ2) is 13.3. The van der Waals surface area contributed by atoms with E-state index in [9.17, 15) is 14.9 Å². The monoisotopic (exact) mass is 564 g/mol. The van der Waals surface area contributed by atoms with Crippen molar-refractivity contribution in [3.05, 3.63) is 80.2 Å². The predicted octanol–water partition coefficient (Wildman–Crippen LogP) is 6.98. The summed E-state index contributed by atoms with van der Waals surface area (Å²) >= 11 is 7.62. The zero-order valence-corrected chi connectivity index (χ0v) is 23.4. The average Bonchev–Trinajstić information content (AvgIpc) is 3.30. The fraction of sp³-hybridized carbons (Fsp3) is 0.300. The van der Waals surface area contributed by atoms with Gasteiger partial charge in [0.25, 0.3) is 5.91 Å². The summed E-state index contributed by atoms with van der Waals surface area (Å²) in [5.41, 5.74) is 2.67. The smallest absolute Gasteiger partial charge is 0.341 e. The lowest BCUT2D eigenvalue weighted by molar-refractivity contribution is -0.112. The standard InChI is InChI=1S/C30H29ClN2O5S/c1-3-36-25-16-19(13-14-24(25)38-18-20-9-5-7-11-23(20)31)15-21(17-32)28(34)33-29-27(30(35)37-4-2)22-10-6-8-12-26(22)39-29/h5,7,9,11,13-16H,3-4,6,8,10,12,18H2,1-2H3,(H,33,34)/b21-15+. The zero-order valence-electron chi connectivity index (χ0n) is 21.8. The second-order valence-electron chi connectivity index (χ2n) is 8.78. The number of nitrogens with one attached hydrogen (secondary N) is 1. The van der Waals surface area contributed by atoms with Crippen LogP contribution in [0.25, 0.3) is 6.08 Å². The third-order valence-electron chi connectivity index (χ3n) is 6.16. The summed E-state index contributed by atoms with van der Waals surface area (Å²) in [6, 6.07) is 14.6. The zero-order chi connectivity index (χ0) is 27.8. The van der Waals surface area contributed by atoms with Gasteiger partial charge in [0, 0.05) is 15.5 Å². The fourth-order valence-electron chi connectivity index (χ4n) is 4.33. The minimum absolute atomic E-state index is 0.108. The summed E-state index contributed by atoms with van der Waals surface area (Å²) in [7, 11) is 0. The van der Waals surface area contributed by atoms with Crippen molar-refractivity contribution in [3.8, 4) is 17.6 Å². The van der Waals surface area contributed by atoms with Crippen LogP contribution in [-0.2, 0) is 29.0 Å². The Morgan fingerprint density at radius 3 is 2.62 bits per heavy atom. The molecule has 0 spiro atoms. The number of nitriles is 1. The lowest BCUT2D eigenvalue weighted by Gasteiger charge is -2.13. The molecule has 0 bridgehead atoms. The van der Waals surface area contributed by atoms with E-state index < -0.39 is 11.9 Å². The van der Waals surface area contributed by atoms with Gasteiger partial charge in [-0.1, -0.05) is 35.9 Å². The van der Waals surface area contributed by atoms with E-state index in [1.165, 1.54) is 17.4 Å². The Morgan fingerprint density at radius 2 is 1.87 bits per heavy atom. The van der Waals surface area contributed by atoms with E-state index in [0.717, 1.165) is 41.7 Å². The Bertz CT molecular complexity index is 1440. The number of hydrogen-bond donors (Lipinski definition) is 1. The molecule has 39 heavy (non-hydrogen) atoms. The van der Waals surface area contributed by atoms with Gasteiger partial charge in [0.1, 0.15) is 23.3 Å². The van der Waals surface area contributed by atoms with Crippen LogP contribution in [0.15, 0.2) is 48.0 Å². The first-order valence-corrected chi connectivity index (χ1v) is 14.0. The number of rotatable bonds is 10. The van der Waals surface area contributed by atoms with Gasteiger partial charge < -0.3 is 19.5 Å². The number of esters is 1. The van der Waals surface area contributed by atoms with Gasteiger partial charge in [-0.25, -0.2) is 4.79 Å². The summed E-state index contributed by atoms with van der Waals surface area (Å²) in [5.74, 6) is -0.0614. The quantitative estimate of drug-likeness (QED) is 0.162. The first-order chi connectivity index (χ1) is 18.9. The molecule has 0 aliphatic heterocycles. The highest BCUT2D eigenvalue weighted by Crippen LogP contribution is 2.39. The van der Waals surface area contributed by atoms with Crippen molar-refractivity contribution >= 4 is 45.9 Å². The van der Waals surface area contributed by atoms with Gasteiger partial charge >= 0.3 is 5.97 Å². The van der Waals surface area contributed by atoms with Crippen LogP contribution < -0.4 is 14.8 Å². The molecule has 1 amide bonds. The number of hydrogen-bond acceptors (Lipinski definition) is 7. The van der Waals surface area contributed by atoms with E-state index in [1.807, 2.05) is 31.2 Å². The van der Waals surface area contributed by atoms with E-state index in [0.29, 0.717) is 39.3 Å². The van der Waals surface area contributed by atoms with Gasteiger partial charge in [-0.05, 0) is 74.9 Å². The maximum absolute atomic E-state index is 13.1. The molecule has 1 aromatic heterocycles. The van der Waals surface area contributed by atoms with Crippen molar-refractivity contribution in [1.29, 1.82) is 5.26 Å². The molecular weight excluding hydrogens is 536 g/mol. The van der Waals surface area contributed by atoms with E-state index in [1.54, 1.807) is 31.2 Å². The molecule has 4 rings (SSSR count). The molecular formula is C30H29ClN2O5S. The van der Waals surface area contributed by atoms with Crippen molar-refractivity contribution < 1.29 is 23.8 Å². The van der Waals surface area contributed by atoms with Crippen LogP contribution in [-0.4, -0.2) is 25.1 Å². The summed E-state index contributed by atoms with van der Waals surface area (Å²) in [6.07, 6.45) is 5.11. The largest absolute Gasteiger partial charge is 0.490 e. The fourth-order valence-corrected chi connectivity index (χ4v) is 5.79. The summed E-state index contributed by atoms with van der Waals surface area (Å²) in [6.45, 7) is 4.50. The molecule has 0 saturated carbocycles. The number of benzene rings is 2. The highest BCUT2D eigenvalue weighted by Gasteiger charge is 2.27. The normalized spacial score (nSPS) is 12.7. The van der Waals surface area contributed by atoms with Gasteiger partial charge in [-0.15, -0.1) is 11.3 Å². The third-order valence-corrected chi connectivity index (χ3v) is 7.74. The molecule has 202 valence electrons. The van der Waals surface area contributed by atoms with Crippen LogP contribution in [0.3, 0.4) is 0 Å². The van der Waals surface area contributed by atoms with Gasteiger partial charge in [0.2, 0.25) is 0 Å². The van der Waals surface area contributed by atoms with E-state index >= 15 is 0 Å². The lowest BCUT2D eigenvalue weighted by atomic mass is 9.95. The van der Waals surface area contributed by atoms with Crippen LogP contribution in [0.5, 0.6) is 11.5 Å². The van der Waals surface area contributed by atoms with Crippen molar-refractivity contribution in [1.82, 2.24) is 0 Å². The molecule has 0 unspecified atom stereocenters. The summed E-state index contributed by atoms with van der Waals surface area (Å²) in [5, 5.41) is 13.6. The molecule has 0 saturated heterocycles. The number of ether oxygens (including phenoxy) is 3. The molecule has 0 radical (unpaired) electrons. The minimum atomic E-state index is -0.598. The highest BCUT2D eigenvalue weighted by molar-refractivity contribution is 7.17. The van der Waals surface area contributed by atoms with Crippen LogP contribution in [0.4, 0.5) is 5.00 Å². The van der Waals surface area contributed by atoms with Gasteiger partial charge in [0.05, 0.1) is 18.8 Å². The Labute approximate surface area is 237 Å². The minimum Gasteiger partial charge on any atom is -0.490 e. The van der Waals surface area contributed by atoms with Crippen molar-refractivity contribution in [2.45, 2.75) is 46.1 Å². The number of anilines is 1. The first-order valence-electron chi connectivity index (χ1n) is 12.8. The molecule has 1 aliphatic carbocycles. The third kappa shape index (κ3) is 6.80. The average molecular weight is 565 g/mol. The molecule has 7 nitrogen and oxygen atoms in total. The lowest BCUT2D eigenvalue weighted by Crippen LogP contribution is -2.16. The molecule has 0 fully saturated rings. The maximum atomic E-state index is 13.1. The molecule has 0 atom stereocenters. The van der Waals surface area contributed by atoms with Crippen LogP contribution in [0.1, 0.15) is 58.6 Å². The second-order valence-corrected chi connectivity index (χ2v) is 10.3. The maximum Gasteiger partial charge on any atom is 0.341 e. The topological polar surface area (TPSA) is 97.7 Å². The Kier molecular flexibility index (Phi) is 9.64. The van der Waals surface area contributed by atoms with Gasteiger partial charge in [-0.3, -0.25) is 4.79 Å². The van der Waals surface area contributed by atoms with Crippen LogP contribution in [0.2, 0.25) is 5.02 Å². The number of halogens is 1. The van der Waals surface area contributed by atoms with E-state index in [4.69, 9.17) is 25.8 Å². The predicted molar refractivity (Wildman–Crippen MR) is 153 cm³/mol. The van der Waals surface area contributed by atoms with Gasteiger partial charge in [-0.2, -0.15) is 5.26 Å². The SMILES string of the molecule is CCOC(=O)c1c(NC(=O)/C(C#N)=C/c2ccc(OCc3ccccc3Cl)c(OCC)c2)sc2c1CCCC2. The van der Waals surface area contributed by atoms with Gasteiger partial charge in [0.15, 0.2) is 11.5 Å².